The molecule has 1 aliphatic rings. The normalized spacial score (nSPS) is 14.8. The van der Waals surface area contributed by atoms with Gasteiger partial charge in [-0.2, -0.15) is 0 Å². The largest absolute Gasteiger partial charge is 0.519 e. The monoisotopic (exact) mass is 503 g/mol. The lowest BCUT2D eigenvalue weighted by molar-refractivity contribution is -0.157. The molecule has 12 nitrogen and oxygen atoms in total. The van der Waals surface area contributed by atoms with Crippen molar-refractivity contribution >= 4 is 35.1 Å². The number of nitrogens with one attached hydrogen (secondary N) is 1. The fourth-order valence-corrected chi connectivity index (χ4v) is 3.58. The van der Waals surface area contributed by atoms with E-state index in [1.165, 1.54) is 6.92 Å². The highest BCUT2D eigenvalue weighted by molar-refractivity contribution is 8.13. The number of ether oxygens (including phenoxy) is 4. The number of carbonyl (C=O) groups excluding carboxylic acids is 4. The standard InChI is InChI=1S/C21H29NO11S/c1-12(2)17(23)29-11-30-19(25)22-15(18(24)32-14-7-5-4-6-8-14)10-34-21(27)28-9-16-13(3)31-20(26)33-16/h12,14-15H,4-11H2,1-3H3,(H,22,25)/t15-/m0/s1. The van der Waals surface area contributed by atoms with Gasteiger partial charge in [0.2, 0.25) is 6.79 Å². The molecule has 0 aliphatic heterocycles. The van der Waals surface area contributed by atoms with Crippen LogP contribution in [0.15, 0.2) is 13.6 Å². The molecule has 0 spiro atoms. The Balaban J connectivity index is 1.88. The summed E-state index contributed by atoms with van der Waals surface area (Å²) in [6.07, 6.45) is 3.09. The van der Waals surface area contributed by atoms with Crippen molar-refractivity contribution in [1.29, 1.82) is 0 Å². The van der Waals surface area contributed by atoms with Crippen LogP contribution in [-0.2, 0) is 35.1 Å². The van der Waals surface area contributed by atoms with Crippen LogP contribution in [0, 0.1) is 12.8 Å². The molecule has 1 saturated carbocycles. The van der Waals surface area contributed by atoms with Crippen molar-refractivity contribution in [3.05, 3.63) is 22.1 Å². The first-order chi connectivity index (χ1) is 16.2. The van der Waals surface area contributed by atoms with Crippen molar-refractivity contribution in [1.82, 2.24) is 5.32 Å². The molecule has 190 valence electrons. The van der Waals surface area contributed by atoms with E-state index in [0.717, 1.165) is 32.1 Å². The summed E-state index contributed by atoms with van der Waals surface area (Å²) in [6.45, 7) is 3.76. The molecule has 1 aromatic rings. The van der Waals surface area contributed by atoms with Crippen molar-refractivity contribution in [3.63, 3.8) is 0 Å². The van der Waals surface area contributed by atoms with Gasteiger partial charge in [-0.1, -0.05) is 20.3 Å². The maximum absolute atomic E-state index is 12.7. The van der Waals surface area contributed by atoms with Crippen LogP contribution in [-0.4, -0.2) is 48.0 Å². The highest BCUT2D eigenvalue weighted by Crippen LogP contribution is 2.21. The lowest BCUT2D eigenvalue weighted by atomic mass is 9.98. The van der Waals surface area contributed by atoms with E-state index in [9.17, 15) is 24.0 Å². The summed E-state index contributed by atoms with van der Waals surface area (Å²) >= 11 is 0.613. The van der Waals surface area contributed by atoms with Crippen molar-refractivity contribution in [2.24, 2.45) is 5.92 Å². The summed E-state index contributed by atoms with van der Waals surface area (Å²) in [6, 6.07) is -1.22. The third kappa shape index (κ3) is 9.49. The zero-order valence-electron chi connectivity index (χ0n) is 19.3. The predicted molar refractivity (Wildman–Crippen MR) is 117 cm³/mol. The molecule has 0 unspecified atom stereocenters. The van der Waals surface area contributed by atoms with Crippen LogP contribution >= 0.6 is 11.8 Å². The van der Waals surface area contributed by atoms with E-state index < -0.39 is 47.9 Å². The second-order valence-electron chi connectivity index (χ2n) is 7.84. The summed E-state index contributed by atoms with van der Waals surface area (Å²) in [5, 5.41) is 1.54. The smallest absolute Gasteiger partial charge is 0.461 e. The molecule has 13 heteroatoms. The number of rotatable bonds is 10. The summed E-state index contributed by atoms with van der Waals surface area (Å²) in [5.74, 6) is -2.55. The number of alkyl carbamates (subject to hydrolysis) is 1. The number of thioether (sulfide) groups is 1. The molecule has 1 heterocycles. The van der Waals surface area contributed by atoms with Gasteiger partial charge in [0.1, 0.15) is 12.1 Å². The Kier molecular flexibility index (Phi) is 11.0. The van der Waals surface area contributed by atoms with Gasteiger partial charge in [0, 0.05) is 5.75 Å². The average molecular weight is 504 g/mol. The molecule has 1 fully saturated rings. The van der Waals surface area contributed by atoms with Crippen molar-refractivity contribution in [2.45, 2.75) is 71.6 Å². The van der Waals surface area contributed by atoms with Gasteiger partial charge in [-0.05, 0) is 44.4 Å². The Morgan fingerprint density at radius 3 is 2.35 bits per heavy atom. The molecule has 0 saturated heterocycles. The number of hydrogen-bond donors (Lipinski definition) is 1. The van der Waals surface area contributed by atoms with Crippen LogP contribution in [0.2, 0.25) is 0 Å². The van der Waals surface area contributed by atoms with Gasteiger partial charge in [0.05, 0.1) is 5.92 Å². The van der Waals surface area contributed by atoms with Gasteiger partial charge in [-0.25, -0.2) is 19.2 Å². The van der Waals surface area contributed by atoms with Crippen LogP contribution in [0.5, 0.6) is 0 Å². The Hall–Kier alpha value is -2.96. The first-order valence-corrected chi connectivity index (χ1v) is 11.8. The first-order valence-electron chi connectivity index (χ1n) is 10.8. The molecule has 1 aromatic heterocycles. The van der Waals surface area contributed by atoms with Crippen molar-refractivity contribution in [2.75, 3.05) is 12.5 Å². The number of hydrogen-bond acceptors (Lipinski definition) is 12. The number of esters is 2. The van der Waals surface area contributed by atoms with Crippen molar-refractivity contribution < 1.29 is 47.0 Å². The lowest BCUT2D eigenvalue weighted by Gasteiger charge is -2.24. The second kappa shape index (κ2) is 13.7. The van der Waals surface area contributed by atoms with E-state index >= 15 is 0 Å². The topological polar surface area (TPSA) is 161 Å². The highest BCUT2D eigenvalue weighted by Gasteiger charge is 2.28. The SMILES string of the molecule is Cc1oc(=O)oc1COC(=O)SC[C@H](NC(=O)OCOC(=O)C(C)C)C(=O)OC1CCCCC1. The van der Waals surface area contributed by atoms with E-state index in [1.54, 1.807) is 13.8 Å². The van der Waals surface area contributed by atoms with Crippen LogP contribution in [0.4, 0.5) is 9.59 Å². The van der Waals surface area contributed by atoms with Crippen LogP contribution < -0.4 is 11.1 Å². The van der Waals surface area contributed by atoms with Gasteiger partial charge in [-0.3, -0.25) is 4.79 Å². The molecule has 1 atom stereocenters. The van der Waals surface area contributed by atoms with Gasteiger partial charge in [-0.15, -0.1) is 0 Å². The Morgan fingerprint density at radius 2 is 1.74 bits per heavy atom. The van der Waals surface area contributed by atoms with E-state index in [1.807, 2.05) is 0 Å². The van der Waals surface area contributed by atoms with Crippen LogP contribution in [0.25, 0.3) is 0 Å². The Labute approximate surface area is 200 Å². The minimum absolute atomic E-state index is 0.0601. The summed E-state index contributed by atoms with van der Waals surface area (Å²) in [5.41, 5.74) is 0. The molecular formula is C21H29NO11S. The third-order valence-corrected chi connectivity index (χ3v) is 5.65. The number of aryl methyl sites for hydroxylation is 1. The minimum atomic E-state index is -1.22. The molecule has 1 N–H and O–H groups in total. The van der Waals surface area contributed by atoms with Gasteiger partial charge in [0.15, 0.2) is 18.1 Å². The maximum Gasteiger partial charge on any atom is 0.519 e. The van der Waals surface area contributed by atoms with E-state index in [0.29, 0.717) is 11.8 Å². The lowest BCUT2D eigenvalue weighted by Crippen LogP contribution is -2.45. The number of carbonyl (C=O) groups is 4. The van der Waals surface area contributed by atoms with E-state index in [4.69, 9.17) is 23.4 Å². The Bertz CT molecular complexity index is 901. The molecule has 2 rings (SSSR count). The summed E-state index contributed by atoms with van der Waals surface area (Å²) in [7, 11) is 0. The Morgan fingerprint density at radius 1 is 1.03 bits per heavy atom. The number of amides is 1. The molecule has 1 aliphatic carbocycles. The predicted octanol–water partition coefficient (Wildman–Crippen LogP) is 3.04. The molecule has 0 aromatic carbocycles. The quantitative estimate of drug-likeness (QED) is 0.283. The molecule has 1 amide bonds. The fourth-order valence-electron chi connectivity index (χ4n) is 2.91. The summed E-state index contributed by atoms with van der Waals surface area (Å²) < 4.78 is 29.5. The zero-order valence-corrected chi connectivity index (χ0v) is 20.1. The zero-order chi connectivity index (χ0) is 25.1. The van der Waals surface area contributed by atoms with Crippen LogP contribution in [0.1, 0.15) is 57.5 Å². The van der Waals surface area contributed by atoms with E-state index in [2.05, 4.69) is 9.73 Å². The summed E-state index contributed by atoms with van der Waals surface area (Å²) in [4.78, 5) is 59.3. The molecule has 34 heavy (non-hydrogen) atoms. The second-order valence-corrected chi connectivity index (χ2v) is 8.80. The third-order valence-electron chi connectivity index (χ3n) is 4.80. The average Bonchev–Trinajstić information content (AvgIpc) is 3.12. The molecule has 0 radical (unpaired) electrons. The minimum Gasteiger partial charge on any atom is -0.461 e. The van der Waals surface area contributed by atoms with Gasteiger partial charge >= 0.3 is 29.2 Å². The van der Waals surface area contributed by atoms with Gasteiger partial charge in [0.25, 0.3) is 0 Å². The van der Waals surface area contributed by atoms with E-state index in [-0.39, 0.29) is 30.0 Å². The van der Waals surface area contributed by atoms with Gasteiger partial charge < -0.3 is 33.1 Å². The van der Waals surface area contributed by atoms with Crippen molar-refractivity contribution in [3.8, 4) is 0 Å². The maximum atomic E-state index is 12.7. The fraction of sp³-hybridized carbons (Fsp3) is 0.667. The van der Waals surface area contributed by atoms with Crippen LogP contribution in [0.3, 0.4) is 0 Å². The molecule has 0 bridgehead atoms. The molecular weight excluding hydrogens is 474 g/mol. The first kappa shape index (κ1) is 27.3. The highest BCUT2D eigenvalue weighted by atomic mass is 32.2.